The molecule has 0 radical (unpaired) electrons. The Morgan fingerprint density at radius 3 is 2.74 bits per heavy atom. The van der Waals surface area contributed by atoms with Crippen molar-refractivity contribution >= 4 is 23.0 Å². The van der Waals surface area contributed by atoms with Gasteiger partial charge in [-0.3, -0.25) is 19.2 Å². The molecule has 0 saturated carbocycles. The number of nitrogens with one attached hydrogen (secondary N) is 1. The maximum atomic E-state index is 12.8. The molecule has 0 atom stereocenters. The Kier molecular flexibility index (Phi) is 10.3. The lowest BCUT2D eigenvalue weighted by Gasteiger charge is -2.30. The maximum Gasteiger partial charge on any atom is 0.327 e. The highest BCUT2D eigenvalue weighted by Gasteiger charge is 2.17. The first-order valence-corrected chi connectivity index (χ1v) is 13.6. The van der Waals surface area contributed by atoms with Crippen LogP contribution in [0.2, 0.25) is 0 Å². The number of aliphatic carboxylic acids is 1. The Balaban J connectivity index is 1.44. The van der Waals surface area contributed by atoms with E-state index in [0.717, 1.165) is 69.9 Å². The van der Waals surface area contributed by atoms with Crippen molar-refractivity contribution in [3.63, 3.8) is 0 Å². The molecule has 1 fully saturated rings. The number of fused-ring (bicyclic) bond motifs is 1. The Morgan fingerprint density at radius 1 is 1.18 bits per heavy atom. The summed E-state index contributed by atoms with van der Waals surface area (Å²) in [6.45, 7) is 9.52. The number of nitrogens with two attached hydrogens (primary N) is 1. The Hall–Kier alpha value is -3.48. The van der Waals surface area contributed by atoms with Gasteiger partial charge in [0.15, 0.2) is 11.5 Å². The number of H-pyrrole nitrogens is 1. The number of aromatic amines is 1. The lowest BCUT2D eigenvalue weighted by Crippen LogP contribution is -2.41. The zero-order chi connectivity index (χ0) is 27.6. The number of nitrogen functional groups attached to an aromatic ring is 1. The molecule has 0 aliphatic carbocycles. The molecule has 0 spiro atoms. The topological polar surface area (TPSA) is 152 Å². The highest BCUT2D eigenvalue weighted by Crippen LogP contribution is 2.18. The van der Waals surface area contributed by atoms with Crippen LogP contribution in [0.4, 0.5) is 5.82 Å². The number of rotatable bonds is 15. The van der Waals surface area contributed by atoms with Gasteiger partial charge in [-0.15, -0.1) is 0 Å². The number of unbranched alkanes of at least 4 members (excludes halogenated alkanes) is 1. The number of carboxylic acid groups (broad SMARTS) is 1. The van der Waals surface area contributed by atoms with Gasteiger partial charge < -0.3 is 25.3 Å². The van der Waals surface area contributed by atoms with Crippen LogP contribution in [0.5, 0.6) is 6.01 Å². The molecule has 212 valence electrons. The molecule has 2 aromatic heterocycles. The molecule has 39 heavy (non-hydrogen) atoms. The van der Waals surface area contributed by atoms with Crippen molar-refractivity contribution in [2.24, 2.45) is 0 Å². The Bertz CT molecular complexity index is 1290. The minimum Gasteiger partial charge on any atom is -0.481 e. The van der Waals surface area contributed by atoms with Crippen LogP contribution in [-0.2, 0) is 29.0 Å². The fourth-order valence-electron chi connectivity index (χ4n) is 4.71. The van der Waals surface area contributed by atoms with E-state index in [1.165, 1.54) is 0 Å². The second kappa shape index (κ2) is 14.1. The zero-order valence-corrected chi connectivity index (χ0v) is 22.6. The second-order valence-corrected chi connectivity index (χ2v) is 9.85. The third kappa shape index (κ3) is 8.25. The number of hydrogen-bond acceptors (Lipinski definition) is 9. The first-order valence-electron chi connectivity index (χ1n) is 13.6. The van der Waals surface area contributed by atoms with E-state index in [0.29, 0.717) is 37.3 Å². The fraction of sp³-hybridized carbons (Fsp3) is 0.556. The summed E-state index contributed by atoms with van der Waals surface area (Å²) in [4.78, 5) is 40.1. The van der Waals surface area contributed by atoms with Gasteiger partial charge in [-0.2, -0.15) is 9.97 Å². The summed E-state index contributed by atoms with van der Waals surface area (Å²) in [5.74, 6) is -0.653. The molecule has 1 aromatic carbocycles. The second-order valence-electron chi connectivity index (χ2n) is 9.85. The van der Waals surface area contributed by atoms with E-state index >= 15 is 0 Å². The Morgan fingerprint density at radius 2 is 1.97 bits per heavy atom. The predicted octanol–water partition coefficient (Wildman–Crippen LogP) is 1.73. The number of aryl methyl sites for hydroxylation is 1. The van der Waals surface area contributed by atoms with Crippen LogP contribution in [0, 0.1) is 0 Å². The molecule has 0 amide bonds. The predicted molar refractivity (Wildman–Crippen MR) is 148 cm³/mol. The van der Waals surface area contributed by atoms with E-state index in [4.69, 9.17) is 15.2 Å². The highest BCUT2D eigenvalue weighted by molar-refractivity contribution is 5.81. The average Bonchev–Trinajstić information content (AvgIpc) is 3.23. The number of ether oxygens (including phenoxy) is 2. The van der Waals surface area contributed by atoms with Crippen molar-refractivity contribution in [3.05, 3.63) is 45.9 Å². The van der Waals surface area contributed by atoms with Gasteiger partial charge in [0.25, 0.3) is 0 Å². The van der Waals surface area contributed by atoms with Gasteiger partial charge in [0.1, 0.15) is 5.52 Å². The first-order chi connectivity index (χ1) is 18.9. The van der Waals surface area contributed by atoms with Gasteiger partial charge >= 0.3 is 17.7 Å². The van der Waals surface area contributed by atoms with E-state index in [1.54, 1.807) is 4.57 Å². The van der Waals surface area contributed by atoms with E-state index in [2.05, 4.69) is 31.7 Å². The molecule has 12 nitrogen and oxygen atoms in total. The summed E-state index contributed by atoms with van der Waals surface area (Å²) in [5.41, 5.74) is 8.52. The lowest BCUT2D eigenvalue weighted by molar-refractivity contribution is -0.136. The van der Waals surface area contributed by atoms with Crippen LogP contribution >= 0.6 is 0 Å². The van der Waals surface area contributed by atoms with Crippen LogP contribution in [0.1, 0.15) is 37.3 Å². The number of imidazole rings is 1. The standard InChI is InChI=1S/C27H39N7O5/c1-2-3-14-39-26-30-24(28)23-25(31-26)34(27(37)29-23)9-5-8-33(11-10-32-12-15-38-16-13-32)19-21-7-4-6-20(17-21)18-22(35)36/h4,6-7,17H,2-3,5,8-16,18-19H2,1H3,(H,29,37)(H,35,36)(H2,28,30,31). The third-order valence-corrected chi connectivity index (χ3v) is 6.80. The normalized spacial score (nSPS) is 14.3. The number of morpholine rings is 1. The molecule has 3 aromatic rings. The van der Waals surface area contributed by atoms with Gasteiger partial charge in [-0.25, -0.2) is 4.79 Å². The molecule has 4 rings (SSSR count). The van der Waals surface area contributed by atoms with Crippen molar-refractivity contribution < 1.29 is 19.4 Å². The van der Waals surface area contributed by atoms with Crippen LogP contribution in [0.3, 0.4) is 0 Å². The number of nitrogens with zero attached hydrogens (tertiary/aromatic N) is 5. The smallest absolute Gasteiger partial charge is 0.327 e. The SMILES string of the molecule is CCCCOc1nc(N)c2[nH]c(=O)n(CCCN(CCN3CCOCC3)Cc3cccc(CC(=O)O)c3)c2n1. The van der Waals surface area contributed by atoms with Crippen molar-refractivity contribution in [3.8, 4) is 6.01 Å². The first kappa shape index (κ1) is 28.5. The molecule has 1 aliphatic rings. The molecular formula is C27H39N7O5. The van der Waals surface area contributed by atoms with E-state index in [9.17, 15) is 14.7 Å². The molecular weight excluding hydrogens is 502 g/mol. The number of aromatic nitrogens is 4. The van der Waals surface area contributed by atoms with Crippen LogP contribution in [0.15, 0.2) is 29.1 Å². The summed E-state index contributed by atoms with van der Waals surface area (Å²) < 4.78 is 12.7. The van der Waals surface area contributed by atoms with Gasteiger partial charge in [-0.1, -0.05) is 37.6 Å². The summed E-state index contributed by atoms with van der Waals surface area (Å²) in [6, 6.07) is 7.90. The molecule has 0 unspecified atom stereocenters. The summed E-state index contributed by atoms with van der Waals surface area (Å²) >= 11 is 0. The zero-order valence-electron chi connectivity index (χ0n) is 22.6. The monoisotopic (exact) mass is 541 g/mol. The maximum absolute atomic E-state index is 12.8. The number of anilines is 1. The third-order valence-electron chi connectivity index (χ3n) is 6.80. The van der Waals surface area contributed by atoms with Crippen molar-refractivity contribution in [1.29, 1.82) is 0 Å². The number of hydrogen-bond donors (Lipinski definition) is 3. The van der Waals surface area contributed by atoms with Crippen LogP contribution in [0.25, 0.3) is 11.2 Å². The van der Waals surface area contributed by atoms with Gasteiger partial charge in [0.2, 0.25) is 0 Å². The summed E-state index contributed by atoms with van der Waals surface area (Å²) in [5, 5.41) is 9.18. The molecule has 1 saturated heterocycles. The largest absolute Gasteiger partial charge is 0.481 e. The van der Waals surface area contributed by atoms with E-state index in [1.807, 2.05) is 24.3 Å². The number of carbonyl (C=O) groups is 1. The van der Waals surface area contributed by atoms with E-state index < -0.39 is 5.97 Å². The van der Waals surface area contributed by atoms with Crippen molar-refractivity contribution in [2.75, 3.05) is 58.3 Å². The summed E-state index contributed by atoms with van der Waals surface area (Å²) in [6.07, 6.45) is 2.57. The summed E-state index contributed by atoms with van der Waals surface area (Å²) in [7, 11) is 0. The highest BCUT2D eigenvalue weighted by atomic mass is 16.5. The quantitative estimate of drug-likeness (QED) is 0.243. The van der Waals surface area contributed by atoms with Gasteiger partial charge in [0, 0.05) is 45.8 Å². The van der Waals surface area contributed by atoms with Crippen LogP contribution in [-0.4, -0.2) is 92.9 Å². The van der Waals surface area contributed by atoms with E-state index in [-0.39, 0.29) is 23.9 Å². The van der Waals surface area contributed by atoms with Crippen molar-refractivity contribution in [1.82, 2.24) is 29.3 Å². The Labute approximate surface area is 227 Å². The van der Waals surface area contributed by atoms with Gasteiger partial charge in [0.05, 0.1) is 26.2 Å². The van der Waals surface area contributed by atoms with Gasteiger partial charge in [-0.05, 0) is 24.0 Å². The van der Waals surface area contributed by atoms with Crippen molar-refractivity contribution in [2.45, 2.75) is 45.7 Å². The average molecular weight is 542 g/mol. The minimum atomic E-state index is -0.844. The molecule has 12 heteroatoms. The minimum absolute atomic E-state index is 0.000232. The molecule has 4 N–H and O–H groups in total. The number of carboxylic acids is 1. The molecule has 3 heterocycles. The molecule has 0 bridgehead atoms. The number of benzene rings is 1. The molecule has 1 aliphatic heterocycles. The van der Waals surface area contributed by atoms with Crippen LogP contribution < -0.4 is 16.2 Å². The fourth-order valence-corrected chi connectivity index (χ4v) is 4.71. The lowest BCUT2D eigenvalue weighted by atomic mass is 10.1.